The van der Waals surface area contributed by atoms with E-state index in [1.54, 1.807) is 0 Å². The van der Waals surface area contributed by atoms with Gasteiger partial charge in [-0.1, -0.05) is 0 Å². The van der Waals surface area contributed by atoms with Crippen LogP contribution in [0.5, 0.6) is 0 Å². The zero-order valence-corrected chi connectivity index (χ0v) is 10.1. The summed E-state index contributed by atoms with van der Waals surface area (Å²) >= 11 is 0. The second-order valence-corrected chi connectivity index (χ2v) is 5.10. The molecule has 0 aliphatic carbocycles. The van der Waals surface area contributed by atoms with E-state index < -0.39 is 5.79 Å². The van der Waals surface area contributed by atoms with Crippen molar-refractivity contribution in [2.75, 3.05) is 32.8 Å². The molecule has 1 unspecified atom stereocenters. The lowest BCUT2D eigenvalue weighted by atomic mass is 9.97. The van der Waals surface area contributed by atoms with Crippen molar-refractivity contribution in [3.8, 4) is 0 Å². The number of likely N-dealkylation sites (tertiary alicyclic amines) is 1. The molecule has 0 saturated carbocycles. The zero-order valence-electron chi connectivity index (χ0n) is 10.1. The van der Waals surface area contributed by atoms with Crippen LogP contribution in [0, 0.1) is 0 Å². The molecule has 96 valence electrons. The van der Waals surface area contributed by atoms with E-state index in [1.807, 2.05) is 4.90 Å². The lowest BCUT2D eigenvalue weighted by Crippen LogP contribution is -2.55. The summed E-state index contributed by atoms with van der Waals surface area (Å²) in [5.74, 6) is -0.258. The highest BCUT2D eigenvalue weighted by Gasteiger charge is 2.44. The number of rotatable bonds is 1. The summed E-state index contributed by atoms with van der Waals surface area (Å²) in [6.07, 6.45) is 3.77. The van der Waals surface area contributed by atoms with Crippen molar-refractivity contribution in [1.29, 1.82) is 0 Å². The van der Waals surface area contributed by atoms with Crippen LogP contribution in [0.2, 0.25) is 0 Å². The first kappa shape index (κ1) is 11.4. The van der Waals surface area contributed by atoms with Crippen molar-refractivity contribution in [3.63, 3.8) is 0 Å². The van der Waals surface area contributed by atoms with Gasteiger partial charge in [0, 0.05) is 32.5 Å². The van der Waals surface area contributed by atoms with Crippen LogP contribution in [0.1, 0.15) is 25.7 Å². The highest BCUT2D eigenvalue weighted by atomic mass is 16.7. The Morgan fingerprint density at radius 3 is 2.65 bits per heavy atom. The van der Waals surface area contributed by atoms with Gasteiger partial charge < -0.3 is 19.7 Å². The average molecular weight is 240 g/mol. The lowest BCUT2D eigenvalue weighted by Gasteiger charge is -2.37. The SMILES string of the molecule is O=C(C1CC2(CCN1)OCCO2)N1CCCC1. The fourth-order valence-corrected chi connectivity index (χ4v) is 3.01. The van der Waals surface area contributed by atoms with E-state index >= 15 is 0 Å². The van der Waals surface area contributed by atoms with Gasteiger partial charge in [0.15, 0.2) is 5.79 Å². The van der Waals surface area contributed by atoms with Crippen LogP contribution in [0.4, 0.5) is 0 Å². The van der Waals surface area contributed by atoms with Crippen molar-refractivity contribution in [2.24, 2.45) is 0 Å². The van der Waals surface area contributed by atoms with E-state index in [1.165, 1.54) is 0 Å². The molecule has 3 fully saturated rings. The summed E-state index contributed by atoms with van der Waals surface area (Å²) in [6.45, 7) is 3.93. The first-order valence-corrected chi connectivity index (χ1v) is 6.59. The van der Waals surface area contributed by atoms with E-state index in [4.69, 9.17) is 9.47 Å². The summed E-state index contributed by atoms with van der Waals surface area (Å²) in [7, 11) is 0. The fourth-order valence-electron chi connectivity index (χ4n) is 3.01. The molecule has 0 aromatic heterocycles. The van der Waals surface area contributed by atoms with Gasteiger partial charge in [0.1, 0.15) is 0 Å². The van der Waals surface area contributed by atoms with E-state index in [2.05, 4.69) is 5.32 Å². The number of nitrogens with zero attached hydrogens (tertiary/aromatic N) is 1. The molecule has 0 aromatic rings. The minimum Gasteiger partial charge on any atom is -0.347 e. The molecule has 0 aromatic carbocycles. The number of hydrogen-bond acceptors (Lipinski definition) is 4. The predicted octanol–water partition coefficient (Wildman–Crippen LogP) is 0.104. The number of piperidine rings is 1. The highest BCUT2D eigenvalue weighted by Crippen LogP contribution is 2.31. The molecule has 5 heteroatoms. The monoisotopic (exact) mass is 240 g/mol. The molecular weight excluding hydrogens is 220 g/mol. The molecule has 1 spiro atoms. The van der Waals surface area contributed by atoms with Crippen LogP contribution in [0.3, 0.4) is 0 Å². The van der Waals surface area contributed by atoms with Gasteiger partial charge in [-0.2, -0.15) is 0 Å². The molecule has 1 amide bonds. The number of amides is 1. The maximum atomic E-state index is 12.3. The molecular formula is C12H20N2O3. The van der Waals surface area contributed by atoms with Crippen LogP contribution in [0.15, 0.2) is 0 Å². The van der Waals surface area contributed by atoms with E-state index in [0.29, 0.717) is 19.6 Å². The Kier molecular flexibility index (Phi) is 3.06. The van der Waals surface area contributed by atoms with E-state index in [9.17, 15) is 4.79 Å². The first-order valence-electron chi connectivity index (χ1n) is 6.59. The van der Waals surface area contributed by atoms with Crippen LogP contribution < -0.4 is 5.32 Å². The Balaban J connectivity index is 1.64. The van der Waals surface area contributed by atoms with Gasteiger partial charge in [-0.05, 0) is 12.8 Å². The molecule has 3 saturated heterocycles. The van der Waals surface area contributed by atoms with Gasteiger partial charge in [0.25, 0.3) is 0 Å². The van der Waals surface area contributed by atoms with Crippen LogP contribution in [-0.4, -0.2) is 55.5 Å². The Bertz CT molecular complexity index is 296. The van der Waals surface area contributed by atoms with Crippen LogP contribution in [0.25, 0.3) is 0 Å². The average Bonchev–Trinajstić information content (AvgIpc) is 3.00. The second-order valence-electron chi connectivity index (χ2n) is 5.10. The molecule has 0 bridgehead atoms. The number of ether oxygens (including phenoxy) is 2. The van der Waals surface area contributed by atoms with Gasteiger partial charge >= 0.3 is 0 Å². The van der Waals surface area contributed by atoms with Gasteiger partial charge in [0.05, 0.1) is 19.3 Å². The third-order valence-electron chi connectivity index (χ3n) is 3.94. The van der Waals surface area contributed by atoms with Crippen molar-refractivity contribution in [1.82, 2.24) is 10.2 Å². The summed E-state index contributed by atoms with van der Waals surface area (Å²) in [5.41, 5.74) is 0. The van der Waals surface area contributed by atoms with Crippen molar-refractivity contribution in [2.45, 2.75) is 37.5 Å². The molecule has 5 nitrogen and oxygen atoms in total. The smallest absolute Gasteiger partial charge is 0.239 e. The second kappa shape index (κ2) is 4.55. The summed E-state index contributed by atoms with van der Waals surface area (Å²) in [6, 6.07) is -0.125. The fraction of sp³-hybridized carbons (Fsp3) is 0.917. The number of carbonyl (C=O) groups excluding carboxylic acids is 1. The minimum atomic E-state index is -0.481. The van der Waals surface area contributed by atoms with E-state index in [0.717, 1.165) is 38.9 Å². The Morgan fingerprint density at radius 1 is 1.24 bits per heavy atom. The Labute approximate surface area is 101 Å². The maximum absolute atomic E-state index is 12.3. The number of nitrogens with one attached hydrogen (secondary N) is 1. The number of carbonyl (C=O) groups is 1. The first-order chi connectivity index (χ1) is 8.29. The van der Waals surface area contributed by atoms with Gasteiger partial charge in [0.2, 0.25) is 5.91 Å². The van der Waals surface area contributed by atoms with Crippen molar-refractivity contribution in [3.05, 3.63) is 0 Å². The van der Waals surface area contributed by atoms with Crippen LogP contribution >= 0.6 is 0 Å². The quantitative estimate of drug-likeness (QED) is 0.706. The molecule has 0 radical (unpaired) electrons. The third-order valence-corrected chi connectivity index (χ3v) is 3.94. The molecule has 3 aliphatic heterocycles. The molecule has 3 rings (SSSR count). The lowest BCUT2D eigenvalue weighted by molar-refractivity contribution is -0.184. The standard InChI is InChI=1S/C12H20N2O3/c15-11(14-5-1-2-6-14)10-9-12(3-4-13-10)16-7-8-17-12/h10,13H,1-9H2. The summed E-state index contributed by atoms with van der Waals surface area (Å²) in [4.78, 5) is 14.3. The molecule has 3 aliphatic rings. The minimum absolute atomic E-state index is 0.125. The predicted molar refractivity (Wildman–Crippen MR) is 61.5 cm³/mol. The summed E-state index contributed by atoms with van der Waals surface area (Å²) in [5, 5.41) is 3.30. The van der Waals surface area contributed by atoms with Crippen molar-refractivity contribution < 1.29 is 14.3 Å². The molecule has 1 N–H and O–H groups in total. The summed E-state index contributed by atoms with van der Waals surface area (Å²) < 4.78 is 11.4. The topological polar surface area (TPSA) is 50.8 Å². The van der Waals surface area contributed by atoms with Crippen LogP contribution in [-0.2, 0) is 14.3 Å². The molecule has 17 heavy (non-hydrogen) atoms. The number of hydrogen-bond donors (Lipinski definition) is 1. The zero-order chi connectivity index (χ0) is 11.7. The maximum Gasteiger partial charge on any atom is 0.239 e. The Morgan fingerprint density at radius 2 is 1.94 bits per heavy atom. The van der Waals surface area contributed by atoms with Gasteiger partial charge in [-0.25, -0.2) is 0 Å². The van der Waals surface area contributed by atoms with Gasteiger partial charge in [-0.3, -0.25) is 4.79 Å². The van der Waals surface area contributed by atoms with E-state index in [-0.39, 0.29) is 11.9 Å². The normalized spacial score (nSPS) is 32.2. The third kappa shape index (κ3) is 2.19. The largest absolute Gasteiger partial charge is 0.347 e. The Hall–Kier alpha value is -0.650. The highest BCUT2D eigenvalue weighted by molar-refractivity contribution is 5.82. The molecule has 1 atom stereocenters. The molecule has 3 heterocycles. The van der Waals surface area contributed by atoms with Gasteiger partial charge in [-0.15, -0.1) is 0 Å². The van der Waals surface area contributed by atoms with Crippen molar-refractivity contribution >= 4 is 5.91 Å².